The molecule has 1 aromatic rings. The van der Waals surface area contributed by atoms with Gasteiger partial charge in [-0.05, 0) is 40.0 Å². The Bertz CT molecular complexity index is 491. The Balaban J connectivity index is 3.00. The van der Waals surface area contributed by atoms with Gasteiger partial charge in [0, 0.05) is 11.0 Å². The molecular formula is C13H15BrFNO3. The predicted molar refractivity (Wildman–Crippen MR) is 72.5 cm³/mol. The Hall–Kier alpha value is -1.43. The van der Waals surface area contributed by atoms with Gasteiger partial charge in [0.1, 0.15) is 12.4 Å². The molecule has 104 valence electrons. The monoisotopic (exact) mass is 331 g/mol. The first kappa shape index (κ1) is 15.6. The molecule has 1 rings (SSSR count). The molecule has 19 heavy (non-hydrogen) atoms. The molecule has 0 aliphatic rings. The van der Waals surface area contributed by atoms with Crippen molar-refractivity contribution in [3.05, 3.63) is 34.1 Å². The van der Waals surface area contributed by atoms with Crippen LogP contribution in [0.2, 0.25) is 0 Å². The lowest BCUT2D eigenvalue weighted by molar-refractivity contribution is -0.137. The van der Waals surface area contributed by atoms with Crippen LogP contribution in [0.15, 0.2) is 22.7 Å². The maximum Gasteiger partial charge on any atom is 0.323 e. The van der Waals surface area contributed by atoms with Gasteiger partial charge in [0.2, 0.25) is 0 Å². The maximum atomic E-state index is 13.0. The van der Waals surface area contributed by atoms with Crippen molar-refractivity contribution in [3.63, 3.8) is 0 Å². The van der Waals surface area contributed by atoms with Gasteiger partial charge in [-0.3, -0.25) is 9.59 Å². The summed E-state index contributed by atoms with van der Waals surface area (Å²) < 4.78 is 13.3. The van der Waals surface area contributed by atoms with Crippen molar-refractivity contribution in [1.29, 1.82) is 0 Å². The number of carbonyl (C=O) groups excluding carboxylic acids is 1. The van der Waals surface area contributed by atoms with Crippen LogP contribution in [0.1, 0.15) is 24.2 Å². The normalized spacial score (nSPS) is 10.6. The Morgan fingerprint density at radius 3 is 2.53 bits per heavy atom. The van der Waals surface area contributed by atoms with Crippen molar-refractivity contribution in [3.8, 4) is 0 Å². The lowest BCUT2D eigenvalue weighted by atomic mass is 10.1. The van der Waals surface area contributed by atoms with E-state index in [0.29, 0.717) is 11.0 Å². The summed E-state index contributed by atoms with van der Waals surface area (Å²) in [5, 5.41) is 8.84. The van der Waals surface area contributed by atoms with E-state index in [9.17, 15) is 14.0 Å². The van der Waals surface area contributed by atoms with Crippen molar-refractivity contribution in [1.82, 2.24) is 4.90 Å². The summed E-state index contributed by atoms with van der Waals surface area (Å²) in [6, 6.07) is 3.70. The van der Waals surface area contributed by atoms with Gasteiger partial charge in [0.15, 0.2) is 0 Å². The minimum absolute atomic E-state index is 0.141. The highest BCUT2D eigenvalue weighted by Gasteiger charge is 2.21. The maximum absolute atomic E-state index is 13.0. The fourth-order valence-corrected chi connectivity index (χ4v) is 2.18. The number of hydrogen-bond acceptors (Lipinski definition) is 2. The number of halogens is 2. The largest absolute Gasteiger partial charge is 0.480 e. The second-order valence-electron chi connectivity index (χ2n) is 4.60. The molecule has 0 spiro atoms. The average molecular weight is 332 g/mol. The van der Waals surface area contributed by atoms with Crippen LogP contribution in [0.4, 0.5) is 4.39 Å². The predicted octanol–water partition coefficient (Wildman–Crippen LogP) is 2.77. The molecule has 0 atom stereocenters. The topological polar surface area (TPSA) is 57.6 Å². The molecule has 4 nitrogen and oxygen atoms in total. The number of nitrogens with zero attached hydrogens (tertiary/aromatic N) is 1. The molecule has 0 saturated heterocycles. The van der Waals surface area contributed by atoms with Crippen LogP contribution in [-0.2, 0) is 4.79 Å². The SMILES string of the molecule is CC(C)CN(CC(=O)O)C(=O)c1ccc(F)cc1Br. The molecule has 0 fully saturated rings. The van der Waals surface area contributed by atoms with Gasteiger partial charge < -0.3 is 10.0 Å². The fourth-order valence-electron chi connectivity index (χ4n) is 1.66. The molecule has 6 heteroatoms. The van der Waals surface area contributed by atoms with Crippen LogP contribution < -0.4 is 0 Å². The van der Waals surface area contributed by atoms with E-state index in [1.54, 1.807) is 0 Å². The van der Waals surface area contributed by atoms with E-state index in [4.69, 9.17) is 5.11 Å². The Morgan fingerprint density at radius 1 is 1.42 bits per heavy atom. The summed E-state index contributed by atoms with van der Waals surface area (Å²) >= 11 is 3.11. The molecule has 0 aliphatic heterocycles. The van der Waals surface area contributed by atoms with Crippen molar-refractivity contribution < 1.29 is 19.1 Å². The molecule has 0 bridgehead atoms. The number of benzene rings is 1. The third-order valence-electron chi connectivity index (χ3n) is 2.36. The molecule has 0 aromatic heterocycles. The van der Waals surface area contributed by atoms with E-state index in [0.717, 1.165) is 0 Å². The number of aliphatic carboxylic acids is 1. The van der Waals surface area contributed by atoms with Crippen LogP contribution in [-0.4, -0.2) is 35.0 Å². The zero-order valence-corrected chi connectivity index (χ0v) is 12.3. The van der Waals surface area contributed by atoms with E-state index in [-0.39, 0.29) is 18.0 Å². The van der Waals surface area contributed by atoms with Gasteiger partial charge in [-0.1, -0.05) is 13.8 Å². The third-order valence-corrected chi connectivity index (χ3v) is 3.02. The van der Waals surface area contributed by atoms with Crippen molar-refractivity contribution in [2.45, 2.75) is 13.8 Å². The van der Waals surface area contributed by atoms with Gasteiger partial charge in [-0.2, -0.15) is 0 Å². The van der Waals surface area contributed by atoms with E-state index in [1.807, 2.05) is 13.8 Å². The van der Waals surface area contributed by atoms with Crippen molar-refractivity contribution in [2.75, 3.05) is 13.1 Å². The minimum atomic E-state index is -1.08. The smallest absolute Gasteiger partial charge is 0.323 e. The fraction of sp³-hybridized carbons (Fsp3) is 0.385. The highest BCUT2D eigenvalue weighted by Crippen LogP contribution is 2.20. The van der Waals surface area contributed by atoms with Gasteiger partial charge in [0.25, 0.3) is 5.91 Å². The lowest BCUT2D eigenvalue weighted by Gasteiger charge is -2.23. The van der Waals surface area contributed by atoms with Gasteiger partial charge in [-0.15, -0.1) is 0 Å². The van der Waals surface area contributed by atoms with E-state index < -0.39 is 17.7 Å². The summed E-state index contributed by atoms with van der Waals surface area (Å²) in [6.45, 7) is 3.74. The quantitative estimate of drug-likeness (QED) is 0.902. The molecule has 1 N–H and O–H groups in total. The summed E-state index contributed by atoms with van der Waals surface area (Å²) in [5.74, 6) is -1.82. The zero-order valence-electron chi connectivity index (χ0n) is 10.7. The van der Waals surface area contributed by atoms with Crippen LogP contribution in [0.3, 0.4) is 0 Å². The van der Waals surface area contributed by atoms with Crippen LogP contribution in [0.25, 0.3) is 0 Å². The van der Waals surface area contributed by atoms with Gasteiger partial charge in [0.05, 0.1) is 5.56 Å². The van der Waals surface area contributed by atoms with E-state index >= 15 is 0 Å². The molecule has 0 heterocycles. The van der Waals surface area contributed by atoms with E-state index in [1.165, 1.54) is 23.1 Å². The molecular weight excluding hydrogens is 317 g/mol. The number of hydrogen-bond donors (Lipinski definition) is 1. The second-order valence-corrected chi connectivity index (χ2v) is 5.45. The molecule has 1 aromatic carbocycles. The Labute approximate surface area is 119 Å². The molecule has 0 unspecified atom stereocenters. The molecule has 0 aliphatic carbocycles. The number of carbonyl (C=O) groups is 2. The van der Waals surface area contributed by atoms with Crippen LogP contribution >= 0.6 is 15.9 Å². The van der Waals surface area contributed by atoms with Crippen LogP contribution in [0.5, 0.6) is 0 Å². The van der Waals surface area contributed by atoms with Gasteiger partial charge >= 0.3 is 5.97 Å². The van der Waals surface area contributed by atoms with Gasteiger partial charge in [-0.25, -0.2) is 4.39 Å². The molecule has 0 radical (unpaired) electrons. The minimum Gasteiger partial charge on any atom is -0.480 e. The first-order valence-electron chi connectivity index (χ1n) is 5.77. The molecule has 1 amide bonds. The molecule has 0 saturated carbocycles. The van der Waals surface area contributed by atoms with Crippen molar-refractivity contribution >= 4 is 27.8 Å². The summed E-state index contributed by atoms with van der Waals surface area (Å²) in [4.78, 5) is 24.3. The first-order valence-corrected chi connectivity index (χ1v) is 6.56. The van der Waals surface area contributed by atoms with Crippen LogP contribution in [0, 0.1) is 11.7 Å². The van der Waals surface area contributed by atoms with E-state index in [2.05, 4.69) is 15.9 Å². The Kier molecular flexibility index (Phi) is 5.47. The standard InChI is InChI=1S/C13H15BrFNO3/c1-8(2)6-16(7-12(17)18)13(19)10-4-3-9(15)5-11(10)14/h3-5,8H,6-7H2,1-2H3,(H,17,18). The third kappa shape index (κ3) is 4.63. The number of amides is 1. The zero-order chi connectivity index (χ0) is 14.6. The Morgan fingerprint density at radius 2 is 2.05 bits per heavy atom. The second kappa shape index (κ2) is 6.65. The number of rotatable bonds is 5. The summed E-state index contributed by atoms with van der Waals surface area (Å²) in [7, 11) is 0. The average Bonchev–Trinajstić information content (AvgIpc) is 2.26. The number of carboxylic acid groups (broad SMARTS) is 1. The highest BCUT2D eigenvalue weighted by atomic mass is 79.9. The first-order chi connectivity index (χ1) is 8.81. The lowest BCUT2D eigenvalue weighted by Crippen LogP contribution is -2.38. The summed E-state index contributed by atoms with van der Waals surface area (Å²) in [6.07, 6.45) is 0. The highest BCUT2D eigenvalue weighted by molar-refractivity contribution is 9.10. The summed E-state index contributed by atoms with van der Waals surface area (Å²) in [5.41, 5.74) is 0.253. The van der Waals surface area contributed by atoms with Crippen molar-refractivity contribution in [2.24, 2.45) is 5.92 Å². The number of carboxylic acids is 1.